The number of anilines is 1. The Bertz CT molecular complexity index is 387. The minimum Gasteiger partial charge on any atom is -0.325 e. The molecule has 2 rings (SSSR count). The van der Waals surface area contributed by atoms with Gasteiger partial charge in [-0.2, -0.15) is 0 Å². The van der Waals surface area contributed by atoms with E-state index in [9.17, 15) is 4.79 Å². The van der Waals surface area contributed by atoms with Gasteiger partial charge in [0.1, 0.15) is 0 Å². The lowest BCUT2D eigenvalue weighted by atomic mass is 10.2. The molecule has 4 nitrogen and oxygen atoms in total. The van der Waals surface area contributed by atoms with Gasteiger partial charge in [0.25, 0.3) is 0 Å². The van der Waals surface area contributed by atoms with Crippen molar-refractivity contribution in [3.05, 3.63) is 29.8 Å². The number of hydrogen-bond donors (Lipinski definition) is 2. The lowest BCUT2D eigenvalue weighted by Gasteiger charge is -2.26. The molecule has 1 aromatic rings. The van der Waals surface area contributed by atoms with E-state index < -0.39 is 0 Å². The lowest BCUT2D eigenvalue weighted by molar-refractivity contribution is -0.117. The zero-order valence-electron chi connectivity index (χ0n) is 12.2. The molecule has 0 aromatic heterocycles. The number of nitrogens with one attached hydrogen (secondary N) is 2. The van der Waals surface area contributed by atoms with E-state index in [1.54, 1.807) is 0 Å². The highest BCUT2D eigenvalue weighted by Crippen LogP contribution is 2.12. The maximum Gasteiger partial charge on any atom is 0.238 e. The molecule has 1 aromatic carbocycles. The van der Waals surface area contributed by atoms with Crippen LogP contribution in [0.25, 0.3) is 0 Å². The molecule has 0 spiro atoms. The van der Waals surface area contributed by atoms with Crippen molar-refractivity contribution in [1.82, 2.24) is 10.2 Å². The first-order valence-electron chi connectivity index (χ1n) is 7.04. The van der Waals surface area contributed by atoms with Gasteiger partial charge < -0.3 is 10.6 Å². The molecule has 19 heavy (non-hydrogen) atoms. The summed E-state index contributed by atoms with van der Waals surface area (Å²) in [6.07, 6.45) is 0. The summed E-state index contributed by atoms with van der Waals surface area (Å²) in [6.45, 7) is 10.3. The molecule has 1 aliphatic rings. The summed E-state index contributed by atoms with van der Waals surface area (Å²) in [6, 6.07) is 7.85. The summed E-state index contributed by atoms with van der Waals surface area (Å²) >= 11 is 0. The van der Waals surface area contributed by atoms with Crippen LogP contribution in [0.4, 0.5) is 5.69 Å². The standard InChI is InChI=1S/C13H19N3O.C2H6/c1-11-4-2-3-5-12(11)15-13(17)10-16-8-6-14-7-9-16;1-2/h2-5,14H,6-10H2,1H3,(H,15,17);1-2H3. The monoisotopic (exact) mass is 263 g/mol. The number of hydrogen-bond acceptors (Lipinski definition) is 3. The molecule has 0 bridgehead atoms. The predicted octanol–water partition coefficient (Wildman–Crippen LogP) is 1.86. The first kappa shape index (κ1) is 15.7. The molecule has 0 radical (unpaired) electrons. The fourth-order valence-electron chi connectivity index (χ4n) is 1.98. The van der Waals surface area contributed by atoms with Crippen LogP contribution in [0.15, 0.2) is 24.3 Å². The summed E-state index contributed by atoms with van der Waals surface area (Å²) in [4.78, 5) is 14.0. The lowest BCUT2D eigenvalue weighted by Crippen LogP contribution is -2.46. The van der Waals surface area contributed by atoms with E-state index in [1.165, 1.54) is 0 Å². The second kappa shape index (κ2) is 8.67. The van der Waals surface area contributed by atoms with Gasteiger partial charge in [0, 0.05) is 31.9 Å². The summed E-state index contributed by atoms with van der Waals surface area (Å²) in [5, 5.41) is 6.23. The van der Waals surface area contributed by atoms with Crippen molar-refractivity contribution in [2.75, 3.05) is 38.0 Å². The minimum absolute atomic E-state index is 0.0706. The fraction of sp³-hybridized carbons (Fsp3) is 0.533. The molecule has 0 unspecified atom stereocenters. The highest BCUT2D eigenvalue weighted by molar-refractivity contribution is 5.92. The summed E-state index contributed by atoms with van der Waals surface area (Å²) in [5.74, 6) is 0.0706. The zero-order chi connectivity index (χ0) is 14.1. The first-order valence-corrected chi connectivity index (χ1v) is 7.04. The van der Waals surface area contributed by atoms with Gasteiger partial charge in [-0.05, 0) is 18.6 Å². The van der Waals surface area contributed by atoms with Crippen LogP contribution in [0.5, 0.6) is 0 Å². The maximum atomic E-state index is 11.9. The van der Waals surface area contributed by atoms with Gasteiger partial charge in [-0.25, -0.2) is 0 Å². The third-order valence-electron chi connectivity index (χ3n) is 3.00. The van der Waals surface area contributed by atoms with Gasteiger partial charge in [-0.15, -0.1) is 0 Å². The molecule has 1 amide bonds. The number of aryl methyl sites for hydroxylation is 1. The molecule has 0 atom stereocenters. The molecule has 1 fully saturated rings. The number of amides is 1. The molecule has 1 heterocycles. The molecule has 2 N–H and O–H groups in total. The second-order valence-electron chi connectivity index (χ2n) is 4.39. The quantitative estimate of drug-likeness (QED) is 0.875. The number of rotatable bonds is 3. The molecule has 1 saturated heterocycles. The predicted molar refractivity (Wildman–Crippen MR) is 80.5 cm³/mol. The van der Waals surface area contributed by atoms with Crippen LogP contribution in [0.2, 0.25) is 0 Å². The van der Waals surface area contributed by atoms with Crippen molar-refractivity contribution in [3.63, 3.8) is 0 Å². The Hall–Kier alpha value is -1.39. The van der Waals surface area contributed by atoms with Gasteiger partial charge in [0.15, 0.2) is 0 Å². The molecule has 1 aliphatic heterocycles. The van der Waals surface area contributed by atoms with Crippen LogP contribution >= 0.6 is 0 Å². The van der Waals surface area contributed by atoms with E-state index >= 15 is 0 Å². The Kier molecular flexibility index (Phi) is 7.15. The number of nitrogens with zero attached hydrogens (tertiary/aromatic N) is 1. The molecule has 106 valence electrons. The number of para-hydroxylation sites is 1. The first-order chi connectivity index (χ1) is 9.25. The Morgan fingerprint density at radius 3 is 2.53 bits per heavy atom. The Balaban J connectivity index is 0.000000861. The van der Waals surface area contributed by atoms with Crippen molar-refractivity contribution in [2.24, 2.45) is 0 Å². The Morgan fingerprint density at radius 2 is 1.89 bits per heavy atom. The Labute approximate surface area is 116 Å². The van der Waals surface area contributed by atoms with Gasteiger partial charge >= 0.3 is 0 Å². The van der Waals surface area contributed by atoms with E-state index in [0.29, 0.717) is 6.54 Å². The maximum absolute atomic E-state index is 11.9. The zero-order valence-corrected chi connectivity index (χ0v) is 12.2. The fourth-order valence-corrected chi connectivity index (χ4v) is 1.98. The average Bonchev–Trinajstić information content (AvgIpc) is 2.45. The normalized spacial score (nSPS) is 15.3. The highest BCUT2D eigenvalue weighted by atomic mass is 16.2. The van der Waals surface area contributed by atoms with Crippen LogP contribution in [-0.4, -0.2) is 43.5 Å². The number of piperazine rings is 1. The van der Waals surface area contributed by atoms with Crippen LogP contribution in [-0.2, 0) is 4.79 Å². The van der Waals surface area contributed by atoms with Crippen LogP contribution in [0, 0.1) is 6.92 Å². The Morgan fingerprint density at radius 1 is 1.26 bits per heavy atom. The molecular weight excluding hydrogens is 238 g/mol. The minimum atomic E-state index is 0.0706. The van der Waals surface area contributed by atoms with Gasteiger partial charge in [0.05, 0.1) is 6.54 Å². The highest BCUT2D eigenvalue weighted by Gasteiger charge is 2.13. The third-order valence-corrected chi connectivity index (χ3v) is 3.00. The van der Waals surface area contributed by atoms with Crippen molar-refractivity contribution >= 4 is 11.6 Å². The number of benzene rings is 1. The van der Waals surface area contributed by atoms with E-state index in [4.69, 9.17) is 0 Å². The van der Waals surface area contributed by atoms with E-state index in [0.717, 1.165) is 37.4 Å². The summed E-state index contributed by atoms with van der Waals surface area (Å²) in [7, 11) is 0. The van der Waals surface area contributed by atoms with Crippen LogP contribution in [0.1, 0.15) is 19.4 Å². The second-order valence-corrected chi connectivity index (χ2v) is 4.39. The smallest absolute Gasteiger partial charge is 0.238 e. The van der Waals surface area contributed by atoms with Crippen molar-refractivity contribution in [3.8, 4) is 0 Å². The van der Waals surface area contributed by atoms with Gasteiger partial charge in [-0.3, -0.25) is 9.69 Å². The number of carbonyl (C=O) groups is 1. The van der Waals surface area contributed by atoms with Crippen molar-refractivity contribution in [1.29, 1.82) is 0 Å². The summed E-state index contributed by atoms with van der Waals surface area (Å²) < 4.78 is 0. The third kappa shape index (κ3) is 5.41. The molecule has 4 heteroatoms. The molecule has 0 saturated carbocycles. The molecular formula is C15H25N3O. The average molecular weight is 263 g/mol. The molecule has 0 aliphatic carbocycles. The van der Waals surface area contributed by atoms with Crippen LogP contribution < -0.4 is 10.6 Å². The number of carbonyl (C=O) groups excluding carboxylic acids is 1. The van der Waals surface area contributed by atoms with Crippen LogP contribution in [0.3, 0.4) is 0 Å². The largest absolute Gasteiger partial charge is 0.325 e. The van der Waals surface area contributed by atoms with E-state index in [2.05, 4.69) is 15.5 Å². The van der Waals surface area contributed by atoms with Crippen molar-refractivity contribution in [2.45, 2.75) is 20.8 Å². The van der Waals surface area contributed by atoms with E-state index in [1.807, 2.05) is 45.0 Å². The SMILES string of the molecule is CC.Cc1ccccc1NC(=O)CN1CCNCC1. The van der Waals surface area contributed by atoms with E-state index in [-0.39, 0.29) is 5.91 Å². The summed E-state index contributed by atoms with van der Waals surface area (Å²) in [5.41, 5.74) is 2.01. The topological polar surface area (TPSA) is 44.4 Å². The van der Waals surface area contributed by atoms with Gasteiger partial charge in [0.2, 0.25) is 5.91 Å². The van der Waals surface area contributed by atoms with Gasteiger partial charge in [-0.1, -0.05) is 32.0 Å². The van der Waals surface area contributed by atoms with Crippen molar-refractivity contribution < 1.29 is 4.79 Å².